The number of rotatable bonds is 2. The Hall–Kier alpha value is -1.51. The maximum Gasteiger partial charge on any atom is 0.407 e. The van der Waals surface area contributed by atoms with E-state index in [9.17, 15) is 4.79 Å². The maximum absolute atomic E-state index is 11.6. The largest absolute Gasteiger partial charge is 0.446 e. The topological polar surface area (TPSA) is 38.3 Å². The summed E-state index contributed by atoms with van der Waals surface area (Å²) in [6, 6.07) is 10.2. The van der Waals surface area contributed by atoms with Crippen molar-refractivity contribution in [3.8, 4) is 0 Å². The Kier molecular flexibility index (Phi) is 3.09. The quantitative estimate of drug-likeness (QED) is 0.852. The van der Waals surface area contributed by atoms with Gasteiger partial charge in [0, 0.05) is 11.5 Å². The van der Waals surface area contributed by atoms with Crippen LogP contribution in [0.25, 0.3) is 0 Å². The first-order valence-electron chi connectivity index (χ1n) is 5.99. The zero-order valence-corrected chi connectivity index (χ0v) is 10.6. The van der Waals surface area contributed by atoms with E-state index in [4.69, 9.17) is 4.74 Å². The van der Waals surface area contributed by atoms with Crippen LogP contribution < -0.4 is 5.32 Å². The molecule has 0 radical (unpaired) electrons. The molecule has 1 aliphatic carbocycles. The molecule has 0 saturated heterocycles. The highest BCUT2D eigenvalue weighted by Crippen LogP contribution is 2.43. The van der Waals surface area contributed by atoms with Gasteiger partial charge in [-0.2, -0.15) is 0 Å². The van der Waals surface area contributed by atoms with Crippen molar-refractivity contribution >= 4 is 6.09 Å². The third-order valence-electron chi connectivity index (χ3n) is 2.70. The SMILES string of the molecule is CC(C)(C)NC(=O)O[C@@H]1C[C@H]1c1ccccc1. The number of hydrogen-bond acceptors (Lipinski definition) is 2. The van der Waals surface area contributed by atoms with Crippen molar-refractivity contribution in [2.45, 2.75) is 44.8 Å². The average Bonchev–Trinajstić information content (AvgIpc) is 2.95. The van der Waals surface area contributed by atoms with Gasteiger partial charge in [0.05, 0.1) is 0 Å². The third-order valence-corrected chi connectivity index (χ3v) is 2.70. The van der Waals surface area contributed by atoms with Crippen LogP contribution in [0.4, 0.5) is 4.79 Å². The summed E-state index contributed by atoms with van der Waals surface area (Å²) in [6.07, 6.45) is 0.655. The minimum absolute atomic E-state index is 0.0414. The van der Waals surface area contributed by atoms with Gasteiger partial charge in [-0.1, -0.05) is 30.3 Å². The number of alkyl carbamates (subject to hydrolysis) is 1. The zero-order valence-electron chi connectivity index (χ0n) is 10.6. The molecular formula is C14H19NO2. The van der Waals surface area contributed by atoms with Crippen LogP contribution in [-0.2, 0) is 4.74 Å². The molecule has 1 aliphatic rings. The lowest BCUT2D eigenvalue weighted by Crippen LogP contribution is -2.41. The highest BCUT2D eigenvalue weighted by molar-refractivity contribution is 5.68. The number of benzene rings is 1. The van der Waals surface area contributed by atoms with Crippen LogP contribution in [0.2, 0.25) is 0 Å². The van der Waals surface area contributed by atoms with Crippen molar-refractivity contribution < 1.29 is 9.53 Å². The summed E-state index contributed by atoms with van der Waals surface area (Å²) in [5.74, 6) is 0.377. The second-order valence-corrected chi connectivity index (χ2v) is 5.57. The fraction of sp³-hybridized carbons (Fsp3) is 0.500. The van der Waals surface area contributed by atoms with Gasteiger partial charge >= 0.3 is 6.09 Å². The van der Waals surface area contributed by atoms with E-state index in [2.05, 4.69) is 17.4 Å². The molecule has 0 aromatic heterocycles. The molecule has 3 heteroatoms. The highest BCUT2D eigenvalue weighted by Gasteiger charge is 2.42. The van der Waals surface area contributed by atoms with Gasteiger partial charge in [0.2, 0.25) is 0 Å². The molecule has 17 heavy (non-hydrogen) atoms. The standard InChI is InChI=1S/C14H19NO2/c1-14(2,3)15-13(16)17-12-9-11(12)10-7-5-4-6-8-10/h4-8,11-12H,9H2,1-3H3,(H,15,16)/t11-,12+/m0/s1. The van der Waals surface area contributed by atoms with E-state index in [0.717, 1.165) is 6.42 Å². The van der Waals surface area contributed by atoms with Gasteiger partial charge in [-0.05, 0) is 32.8 Å². The van der Waals surface area contributed by atoms with Crippen LogP contribution in [0.3, 0.4) is 0 Å². The Labute approximate surface area is 102 Å². The normalized spacial score (nSPS) is 23.0. The number of ether oxygens (including phenoxy) is 1. The van der Waals surface area contributed by atoms with E-state index in [1.54, 1.807) is 0 Å². The Morgan fingerprint density at radius 2 is 1.94 bits per heavy atom. The molecule has 0 bridgehead atoms. The van der Waals surface area contributed by atoms with Crippen molar-refractivity contribution in [1.82, 2.24) is 5.32 Å². The van der Waals surface area contributed by atoms with Gasteiger partial charge in [-0.3, -0.25) is 0 Å². The summed E-state index contributed by atoms with van der Waals surface area (Å²) in [4.78, 5) is 11.6. The Morgan fingerprint density at radius 3 is 2.53 bits per heavy atom. The molecule has 1 amide bonds. The molecule has 1 fully saturated rings. The van der Waals surface area contributed by atoms with Crippen molar-refractivity contribution in [1.29, 1.82) is 0 Å². The lowest BCUT2D eigenvalue weighted by molar-refractivity contribution is 0.128. The summed E-state index contributed by atoms with van der Waals surface area (Å²) >= 11 is 0. The molecule has 1 aromatic rings. The highest BCUT2D eigenvalue weighted by atomic mass is 16.6. The van der Waals surface area contributed by atoms with Gasteiger partial charge < -0.3 is 10.1 Å². The fourth-order valence-corrected chi connectivity index (χ4v) is 1.83. The molecule has 1 aromatic carbocycles. The van der Waals surface area contributed by atoms with Gasteiger partial charge in [-0.25, -0.2) is 4.79 Å². The molecule has 0 spiro atoms. The minimum Gasteiger partial charge on any atom is -0.446 e. The molecule has 1 saturated carbocycles. The van der Waals surface area contributed by atoms with E-state index in [1.807, 2.05) is 39.0 Å². The first-order chi connectivity index (χ1) is 7.96. The van der Waals surface area contributed by atoms with Crippen LogP contribution in [0.15, 0.2) is 30.3 Å². The molecule has 1 N–H and O–H groups in total. The van der Waals surface area contributed by atoms with E-state index >= 15 is 0 Å². The Morgan fingerprint density at radius 1 is 1.29 bits per heavy atom. The Balaban J connectivity index is 1.83. The van der Waals surface area contributed by atoms with Gasteiger partial charge in [0.25, 0.3) is 0 Å². The van der Waals surface area contributed by atoms with Crippen LogP contribution >= 0.6 is 0 Å². The van der Waals surface area contributed by atoms with Gasteiger partial charge in [-0.15, -0.1) is 0 Å². The van der Waals surface area contributed by atoms with Crippen LogP contribution in [0.5, 0.6) is 0 Å². The zero-order chi connectivity index (χ0) is 12.5. The molecule has 0 heterocycles. The monoisotopic (exact) mass is 233 g/mol. The second-order valence-electron chi connectivity index (χ2n) is 5.57. The van der Waals surface area contributed by atoms with Gasteiger partial charge in [0.1, 0.15) is 6.10 Å². The van der Waals surface area contributed by atoms with Gasteiger partial charge in [0.15, 0.2) is 0 Å². The second kappa shape index (κ2) is 4.40. The maximum atomic E-state index is 11.6. The summed E-state index contributed by atoms with van der Waals surface area (Å²) in [5, 5.41) is 2.80. The molecule has 0 aliphatic heterocycles. The first-order valence-corrected chi connectivity index (χ1v) is 5.99. The lowest BCUT2D eigenvalue weighted by atomic mass is 10.1. The smallest absolute Gasteiger partial charge is 0.407 e. The number of carbonyl (C=O) groups is 1. The summed E-state index contributed by atoms with van der Waals surface area (Å²) < 4.78 is 5.35. The predicted molar refractivity (Wildman–Crippen MR) is 67.0 cm³/mol. The molecule has 3 nitrogen and oxygen atoms in total. The van der Waals surface area contributed by atoms with Crippen molar-refractivity contribution in [2.75, 3.05) is 0 Å². The van der Waals surface area contributed by atoms with Crippen molar-refractivity contribution in [3.05, 3.63) is 35.9 Å². The van der Waals surface area contributed by atoms with E-state index < -0.39 is 0 Å². The summed E-state index contributed by atoms with van der Waals surface area (Å²) in [6.45, 7) is 5.82. The summed E-state index contributed by atoms with van der Waals surface area (Å²) in [7, 11) is 0. The molecule has 2 rings (SSSR count). The number of hydrogen-bond donors (Lipinski definition) is 1. The van der Waals surface area contributed by atoms with Crippen LogP contribution in [-0.4, -0.2) is 17.7 Å². The fourth-order valence-electron chi connectivity index (χ4n) is 1.83. The number of amides is 1. The van der Waals surface area contributed by atoms with E-state index in [1.165, 1.54) is 5.56 Å². The molecule has 2 atom stereocenters. The number of carbonyl (C=O) groups excluding carboxylic acids is 1. The average molecular weight is 233 g/mol. The summed E-state index contributed by atoms with van der Waals surface area (Å²) in [5.41, 5.74) is 1.01. The van der Waals surface area contributed by atoms with Crippen molar-refractivity contribution in [2.24, 2.45) is 0 Å². The molecular weight excluding hydrogens is 214 g/mol. The molecule has 92 valence electrons. The van der Waals surface area contributed by atoms with E-state index in [-0.39, 0.29) is 17.7 Å². The van der Waals surface area contributed by atoms with Crippen LogP contribution in [0.1, 0.15) is 38.7 Å². The van der Waals surface area contributed by atoms with E-state index in [0.29, 0.717) is 5.92 Å². The third kappa shape index (κ3) is 3.48. The molecule has 0 unspecified atom stereocenters. The first kappa shape index (κ1) is 12.0. The lowest BCUT2D eigenvalue weighted by Gasteiger charge is -2.20. The number of nitrogens with one attached hydrogen (secondary N) is 1. The predicted octanol–water partition coefficient (Wildman–Crippen LogP) is 3.07. The minimum atomic E-state index is -0.319. The van der Waals surface area contributed by atoms with Crippen LogP contribution in [0, 0.1) is 0 Å². The Bertz CT molecular complexity index is 394. The van der Waals surface area contributed by atoms with Crippen molar-refractivity contribution in [3.63, 3.8) is 0 Å².